The van der Waals surface area contributed by atoms with Gasteiger partial charge in [-0.05, 0) is 24.6 Å². The zero-order valence-electron chi connectivity index (χ0n) is 11.8. The van der Waals surface area contributed by atoms with Crippen LogP contribution in [0, 0.1) is 11.8 Å². The number of hydrogen-bond donors (Lipinski definition) is 1. The lowest BCUT2D eigenvalue weighted by Gasteiger charge is -2.11. The lowest BCUT2D eigenvalue weighted by molar-refractivity contribution is 0.199. The molecular formula is C15H21NO3. The summed E-state index contributed by atoms with van der Waals surface area (Å²) >= 11 is 0. The van der Waals surface area contributed by atoms with Crippen molar-refractivity contribution in [1.29, 1.82) is 0 Å². The highest BCUT2D eigenvalue weighted by molar-refractivity contribution is 5.43. The summed E-state index contributed by atoms with van der Waals surface area (Å²) < 4.78 is 15.8. The maximum atomic E-state index is 5.59. The fraction of sp³-hybridized carbons (Fsp3) is 0.467. The van der Waals surface area contributed by atoms with Gasteiger partial charge in [-0.1, -0.05) is 12.0 Å². The van der Waals surface area contributed by atoms with Gasteiger partial charge in [-0.25, -0.2) is 0 Å². The van der Waals surface area contributed by atoms with Crippen molar-refractivity contribution < 1.29 is 14.2 Å². The molecule has 0 unspecified atom stereocenters. The maximum absolute atomic E-state index is 5.59. The van der Waals surface area contributed by atoms with Crippen molar-refractivity contribution in [3.63, 3.8) is 0 Å². The summed E-state index contributed by atoms with van der Waals surface area (Å²) in [5.41, 5.74) is 1.14. The molecule has 19 heavy (non-hydrogen) atoms. The van der Waals surface area contributed by atoms with Crippen LogP contribution in [0.25, 0.3) is 0 Å². The summed E-state index contributed by atoms with van der Waals surface area (Å²) in [6.07, 6.45) is 0. The summed E-state index contributed by atoms with van der Waals surface area (Å²) in [5, 5.41) is 3.29. The summed E-state index contributed by atoms with van der Waals surface area (Å²) in [6.45, 7) is 4.44. The summed E-state index contributed by atoms with van der Waals surface area (Å²) in [5.74, 6) is 7.10. The lowest BCUT2D eigenvalue weighted by atomic mass is 10.2. The van der Waals surface area contributed by atoms with Gasteiger partial charge in [-0.3, -0.25) is 0 Å². The minimum absolute atomic E-state index is 0.368. The third kappa shape index (κ3) is 5.64. The van der Waals surface area contributed by atoms with Gasteiger partial charge in [0.05, 0.1) is 13.7 Å². The van der Waals surface area contributed by atoms with Crippen LogP contribution in [0.3, 0.4) is 0 Å². The molecule has 0 amide bonds. The number of nitrogens with one attached hydrogen (secondary N) is 1. The molecule has 4 heteroatoms. The topological polar surface area (TPSA) is 39.7 Å². The van der Waals surface area contributed by atoms with Gasteiger partial charge < -0.3 is 19.5 Å². The fourth-order valence-electron chi connectivity index (χ4n) is 1.54. The van der Waals surface area contributed by atoms with Crippen molar-refractivity contribution in [3.8, 4) is 23.3 Å². The molecule has 1 N–H and O–H groups in total. The molecule has 0 atom stereocenters. The average molecular weight is 263 g/mol. The zero-order valence-corrected chi connectivity index (χ0v) is 11.8. The van der Waals surface area contributed by atoms with E-state index in [1.807, 2.05) is 18.2 Å². The van der Waals surface area contributed by atoms with Crippen molar-refractivity contribution in [3.05, 3.63) is 23.8 Å². The van der Waals surface area contributed by atoms with Crippen LogP contribution in [0.1, 0.15) is 12.5 Å². The van der Waals surface area contributed by atoms with E-state index in [1.165, 1.54) is 0 Å². The van der Waals surface area contributed by atoms with Gasteiger partial charge in [-0.2, -0.15) is 0 Å². The summed E-state index contributed by atoms with van der Waals surface area (Å²) in [7, 11) is 3.32. The molecule has 0 saturated carbocycles. The van der Waals surface area contributed by atoms with Crippen molar-refractivity contribution in [2.24, 2.45) is 0 Å². The van der Waals surface area contributed by atoms with Gasteiger partial charge >= 0.3 is 0 Å². The second kappa shape index (κ2) is 9.26. The molecule has 0 aliphatic heterocycles. The van der Waals surface area contributed by atoms with E-state index in [0.717, 1.165) is 30.2 Å². The first-order chi connectivity index (χ1) is 9.31. The van der Waals surface area contributed by atoms with Gasteiger partial charge in [0.15, 0.2) is 11.5 Å². The van der Waals surface area contributed by atoms with Crippen LogP contribution in [0.15, 0.2) is 18.2 Å². The number of rotatable bonds is 8. The van der Waals surface area contributed by atoms with E-state index in [1.54, 1.807) is 21.1 Å². The van der Waals surface area contributed by atoms with Gasteiger partial charge in [0.1, 0.15) is 6.61 Å². The third-order valence-corrected chi connectivity index (χ3v) is 2.52. The van der Waals surface area contributed by atoms with Crippen LogP contribution in [0.4, 0.5) is 0 Å². The molecule has 1 aromatic carbocycles. The highest BCUT2D eigenvalue weighted by Gasteiger charge is 2.05. The molecule has 0 saturated heterocycles. The number of ether oxygens (including phenoxy) is 3. The summed E-state index contributed by atoms with van der Waals surface area (Å²) in [6, 6.07) is 5.88. The Labute approximate surface area is 115 Å². The van der Waals surface area contributed by atoms with Crippen LogP contribution in [0.2, 0.25) is 0 Å². The molecule has 0 spiro atoms. The highest BCUT2D eigenvalue weighted by Crippen LogP contribution is 2.27. The zero-order chi connectivity index (χ0) is 13.9. The SMILES string of the molecule is CC#CCOc1cc(CNCCOC)ccc1OC. The third-order valence-electron chi connectivity index (χ3n) is 2.52. The van der Waals surface area contributed by atoms with Crippen molar-refractivity contribution in [2.75, 3.05) is 34.0 Å². The molecule has 0 radical (unpaired) electrons. The Balaban J connectivity index is 2.62. The monoisotopic (exact) mass is 263 g/mol. The lowest BCUT2D eigenvalue weighted by Crippen LogP contribution is -2.18. The first-order valence-corrected chi connectivity index (χ1v) is 6.20. The Hall–Kier alpha value is -1.70. The molecule has 4 nitrogen and oxygen atoms in total. The van der Waals surface area contributed by atoms with E-state index in [0.29, 0.717) is 13.2 Å². The van der Waals surface area contributed by atoms with Crippen LogP contribution < -0.4 is 14.8 Å². The molecule has 0 bridgehead atoms. The predicted octanol–water partition coefficient (Wildman–Crippen LogP) is 1.83. The Bertz CT molecular complexity index is 435. The second-order valence-corrected chi connectivity index (χ2v) is 3.87. The number of methoxy groups -OCH3 is 2. The molecular weight excluding hydrogens is 242 g/mol. The molecule has 1 rings (SSSR count). The first-order valence-electron chi connectivity index (χ1n) is 6.20. The van der Waals surface area contributed by atoms with Crippen molar-refractivity contribution >= 4 is 0 Å². The minimum Gasteiger partial charge on any atom is -0.493 e. The molecule has 0 aliphatic rings. The standard InChI is InChI=1S/C15H21NO3/c1-4-5-9-19-15-11-13(6-7-14(15)18-3)12-16-8-10-17-2/h6-7,11,16H,8-10,12H2,1-3H3. The molecule has 0 aromatic heterocycles. The van der Waals surface area contributed by atoms with E-state index in [4.69, 9.17) is 14.2 Å². The molecule has 0 fully saturated rings. The Morgan fingerprint density at radius 3 is 2.74 bits per heavy atom. The smallest absolute Gasteiger partial charge is 0.162 e. The molecule has 104 valence electrons. The highest BCUT2D eigenvalue weighted by atomic mass is 16.5. The van der Waals surface area contributed by atoms with Gasteiger partial charge in [0, 0.05) is 20.2 Å². The normalized spacial score (nSPS) is 9.63. The van der Waals surface area contributed by atoms with Crippen LogP contribution in [0.5, 0.6) is 11.5 Å². The Morgan fingerprint density at radius 2 is 2.05 bits per heavy atom. The van der Waals surface area contributed by atoms with Crippen LogP contribution in [-0.4, -0.2) is 34.0 Å². The summed E-state index contributed by atoms with van der Waals surface area (Å²) in [4.78, 5) is 0. The van der Waals surface area contributed by atoms with E-state index < -0.39 is 0 Å². The molecule has 0 aliphatic carbocycles. The van der Waals surface area contributed by atoms with Gasteiger partial charge in [0.2, 0.25) is 0 Å². The second-order valence-electron chi connectivity index (χ2n) is 3.87. The quantitative estimate of drug-likeness (QED) is 0.574. The van der Waals surface area contributed by atoms with Crippen LogP contribution in [-0.2, 0) is 11.3 Å². The van der Waals surface area contributed by atoms with Crippen LogP contribution >= 0.6 is 0 Å². The van der Waals surface area contributed by atoms with E-state index in [-0.39, 0.29) is 0 Å². The first kappa shape index (κ1) is 15.4. The van der Waals surface area contributed by atoms with E-state index in [2.05, 4.69) is 17.2 Å². The maximum Gasteiger partial charge on any atom is 0.162 e. The molecule has 0 heterocycles. The van der Waals surface area contributed by atoms with E-state index >= 15 is 0 Å². The number of hydrogen-bond acceptors (Lipinski definition) is 4. The average Bonchev–Trinajstić information content (AvgIpc) is 2.44. The largest absolute Gasteiger partial charge is 0.493 e. The van der Waals surface area contributed by atoms with Crippen molar-refractivity contribution in [1.82, 2.24) is 5.32 Å². The fourth-order valence-corrected chi connectivity index (χ4v) is 1.54. The number of benzene rings is 1. The van der Waals surface area contributed by atoms with Gasteiger partial charge in [-0.15, -0.1) is 5.92 Å². The predicted molar refractivity (Wildman–Crippen MR) is 75.5 cm³/mol. The van der Waals surface area contributed by atoms with Crippen molar-refractivity contribution in [2.45, 2.75) is 13.5 Å². The Morgan fingerprint density at radius 1 is 1.21 bits per heavy atom. The Kier molecular flexibility index (Phi) is 7.48. The van der Waals surface area contributed by atoms with Gasteiger partial charge in [0.25, 0.3) is 0 Å². The van der Waals surface area contributed by atoms with E-state index in [9.17, 15) is 0 Å². The molecule has 1 aromatic rings. The minimum atomic E-state index is 0.368.